The predicted molar refractivity (Wildman–Crippen MR) is 88.7 cm³/mol. The molecule has 1 aliphatic carbocycles. The van der Waals surface area contributed by atoms with E-state index >= 15 is 0 Å². The average Bonchev–Trinajstić information content (AvgIpc) is 3.01. The van der Waals surface area contributed by atoms with Crippen LogP contribution in [0.2, 0.25) is 0 Å². The first-order valence-electron chi connectivity index (χ1n) is 8.33. The van der Waals surface area contributed by atoms with E-state index in [1.165, 1.54) is 0 Å². The zero-order valence-electron chi connectivity index (χ0n) is 13.4. The SMILES string of the molecule is Cc1cc(C(=O)NC2(C3CCNC3)CC2)nn1-c1ccccc1. The standard InChI is InChI=1S/C18H22N4O/c1-13-11-16(21-22(13)15-5-3-2-4-6-15)17(23)20-18(8-9-18)14-7-10-19-12-14/h2-6,11,14,19H,7-10,12H2,1H3,(H,20,23). The maximum atomic E-state index is 12.6. The fraction of sp³-hybridized carbons (Fsp3) is 0.444. The van der Waals surface area contributed by atoms with E-state index in [1.54, 1.807) is 0 Å². The molecule has 0 spiro atoms. The number of para-hydroxylation sites is 1. The molecule has 1 saturated carbocycles. The van der Waals surface area contributed by atoms with E-state index in [2.05, 4.69) is 15.7 Å². The van der Waals surface area contributed by atoms with Gasteiger partial charge in [0.1, 0.15) is 0 Å². The number of nitrogens with zero attached hydrogens (tertiary/aromatic N) is 2. The van der Waals surface area contributed by atoms with Crippen LogP contribution >= 0.6 is 0 Å². The van der Waals surface area contributed by atoms with E-state index < -0.39 is 0 Å². The first-order valence-corrected chi connectivity index (χ1v) is 8.33. The van der Waals surface area contributed by atoms with Crippen molar-refractivity contribution in [1.82, 2.24) is 20.4 Å². The van der Waals surface area contributed by atoms with E-state index in [-0.39, 0.29) is 11.4 Å². The predicted octanol–water partition coefficient (Wildman–Crippen LogP) is 2.05. The van der Waals surface area contributed by atoms with Crippen LogP contribution in [-0.4, -0.2) is 34.3 Å². The van der Waals surface area contributed by atoms with Crippen LogP contribution in [0.3, 0.4) is 0 Å². The summed E-state index contributed by atoms with van der Waals surface area (Å²) >= 11 is 0. The molecule has 1 aliphatic heterocycles. The summed E-state index contributed by atoms with van der Waals surface area (Å²) in [5.74, 6) is 0.510. The molecular weight excluding hydrogens is 288 g/mol. The Morgan fingerprint density at radius 3 is 2.78 bits per heavy atom. The van der Waals surface area contributed by atoms with Gasteiger partial charge >= 0.3 is 0 Å². The van der Waals surface area contributed by atoms with Crippen molar-refractivity contribution < 1.29 is 4.79 Å². The lowest BCUT2D eigenvalue weighted by molar-refractivity contribution is 0.0910. The van der Waals surface area contributed by atoms with Gasteiger partial charge in [-0.05, 0) is 56.8 Å². The highest BCUT2D eigenvalue weighted by Crippen LogP contribution is 2.44. The minimum absolute atomic E-state index is 0.00498. The summed E-state index contributed by atoms with van der Waals surface area (Å²) in [6, 6.07) is 11.8. The molecule has 1 unspecified atom stereocenters. The number of hydrogen-bond acceptors (Lipinski definition) is 3. The largest absolute Gasteiger partial charge is 0.345 e. The maximum absolute atomic E-state index is 12.6. The van der Waals surface area contributed by atoms with Crippen molar-refractivity contribution in [3.8, 4) is 5.69 Å². The summed E-state index contributed by atoms with van der Waals surface area (Å²) in [6.07, 6.45) is 3.32. The van der Waals surface area contributed by atoms with Gasteiger partial charge in [-0.2, -0.15) is 5.10 Å². The molecule has 2 N–H and O–H groups in total. The number of aromatic nitrogens is 2. The lowest BCUT2D eigenvalue weighted by Gasteiger charge is -2.23. The van der Waals surface area contributed by atoms with Crippen LogP contribution in [0.5, 0.6) is 0 Å². The van der Waals surface area contributed by atoms with Crippen molar-refractivity contribution in [3.63, 3.8) is 0 Å². The normalized spacial score (nSPS) is 22.0. The van der Waals surface area contributed by atoms with Gasteiger partial charge in [0, 0.05) is 17.8 Å². The van der Waals surface area contributed by atoms with Crippen LogP contribution in [0, 0.1) is 12.8 Å². The third kappa shape index (κ3) is 2.65. The molecule has 5 nitrogen and oxygen atoms in total. The van der Waals surface area contributed by atoms with Crippen molar-refractivity contribution in [2.45, 2.75) is 31.7 Å². The Balaban J connectivity index is 1.53. The molecule has 1 atom stereocenters. The molecule has 2 fully saturated rings. The zero-order chi connectivity index (χ0) is 15.9. The second-order valence-corrected chi connectivity index (χ2v) is 6.72. The molecule has 4 rings (SSSR count). The number of carbonyl (C=O) groups excluding carboxylic acids is 1. The first-order chi connectivity index (χ1) is 11.2. The van der Waals surface area contributed by atoms with Crippen molar-refractivity contribution in [1.29, 1.82) is 0 Å². The summed E-state index contributed by atoms with van der Waals surface area (Å²) in [4.78, 5) is 12.6. The number of rotatable bonds is 4. The van der Waals surface area contributed by atoms with Gasteiger partial charge in [-0.15, -0.1) is 0 Å². The number of nitrogens with one attached hydrogen (secondary N) is 2. The van der Waals surface area contributed by atoms with Crippen molar-refractivity contribution >= 4 is 5.91 Å². The summed E-state index contributed by atoms with van der Waals surface area (Å²) in [5.41, 5.74) is 2.45. The summed E-state index contributed by atoms with van der Waals surface area (Å²) in [6.45, 7) is 4.05. The molecule has 1 aromatic carbocycles. The smallest absolute Gasteiger partial charge is 0.272 e. The lowest BCUT2D eigenvalue weighted by Crippen LogP contribution is -2.43. The number of carbonyl (C=O) groups is 1. The number of benzene rings is 1. The van der Waals surface area contributed by atoms with E-state index in [1.807, 2.05) is 48.0 Å². The third-order valence-electron chi connectivity index (χ3n) is 5.11. The zero-order valence-corrected chi connectivity index (χ0v) is 13.4. The third-order valence-corrected chi connectivity index (χ3v) is 5.11. The molecule has 1 aromatic heterocycles. The van der Waals surface area contributed by atoms with Gasteiger partial charge in [-0.1, -0.05) is 18.2 Å². The Labute approximate surface area is 136 Å². The van der Waals surface area contributed by atoms with Crippen molar-refractivity contribution in [2.75, 3.05) is 13.1 Å². The lowest BCUT2D eigenvalue weighted by atomic mass is 9.96. The van der Waals surface area contributed by atoms with E-state index in [9.17, 15) is 4.79 Å². The molecule has 2 aromatic rings. The second kappa shape index (κ2) is 5.49. The van der Waals surface area contributed by atoms with Gasteiger partial charge < -0.3 is 10.6 Å². The topological polar surface area (TPSA) is 59.0 Å². The monoisotopic (exact) mass is 310 g/mol. The maximum Gasteiger partial charge on any atom is 0.272 e. The molecule has 1 saturated heterocycles. The van der Waals surface area contributed by atoms with Gasteiger partial charge in [-0.25, -0.2) is 4.68 Å². The summed E-state index contributed by atoms with van der Waals surface area (Å²) in [7, 11) is 0. The van der Waals surface area contributed by atoms with Gasteiger partial charge in [0.25, 0.3) is 5.91 Å². The summed E-state index contributed by atoms with van der Waals surface area (Å²) < 4.78 is 1.83. The Morgan fingerprint density at radius 1 is 1.35 bits per heavy atom. The van der Waals surface area contributed by atoms with Crippen LogP contribution in [-0.2, 0) is 0 Å². The highest BCUT2D eigenvalue weighted by molar-refractivity contribution is 5.93. The fourth-order valence-electron chi connectivity index (χ4n) is 3.60. The van der Waals surface area contributed by atoms with Gasteiger partial charge in [0.15, 0.2) is 5.69 Å². The van der Waals surface area contributed by atoms with Crippen LogP contribution in [0.4, 0.5) is 0 Å². The van der Waals surface area contributed by atoms with Crippen molar-refractivity contribution in [3.05, 3.63) is 47.8 Å². The minimum Gasteiger partial charge on any atom is -0.345 e. The Hall–Kier alpha value is -2.14. The van der Waals surface area contributed by atoms with E-state index in [0.717, 1.165) is 43.7 Å². The second-order valence-electron chi connectivity index (χ2n) is 6.72. The summed E-state index contributed by atoms with van der Waals surface area (Å²) in [5, 5.41) is 11.2. The molecule has 2 heterocycles. The van der Waals surface area contributed by atoms with Crippen LogP contribution in [0.1, 0.15) is 35.4 Å². The van der Waals surface area contributed by atoms with Crippen molar-refractivity contribution in [2.24, 2.45) is 5.92 Å². The molecular formula is C18H22N4O. The Morgan fingerprint density at radius 2 is 2.13 bits per heavy atom. The Kier molecular flexibility index (Phi) is 3.45. The van der Waals surface area contributed by atoms with Gasteiger partial charge in [-0.3, -0.25) is 4.79 Å². The highest BCUT2D eigenvalue weighted by atomic mass is 16.2. The molecule has 1 amide bonds. The fourth-order valence-corrected chi connectivity index (χ4v) is 3.60. The molecule has 23 heavy (non-hydrogen) atoms. The molecule has 0 radical (unpaired) electrons. The number of amides is 1. The number of hydrogen-bond donors (Lipinski definition) is 2. The van der Waals surface area contributed by atoms with Crippen LogP contribution in [0.15, 0.2) is 36.4 Å². The molecule has 5 heteroatoms. The van der Waals surface area contributed by atoms with Gasteiger partial charge in [0.05, 0.1) is 5.69 Å². The highest BCUT2D eigenvalue weighted by Gasteiger charge is 2.51. The minimum atomic E-state index is -0.0489. The van der Waals surface area contributed by atoms with E-state index in [0.29, 0.717) is 11.6 Å². The van der Waals surface area contributed by atoms with E-state index in [4.69, 9.17) is 0 Å². The van der Waals surface area contributed by atoms with Crippen LogP contribution in [0.25, 0.3) is 5.69 Å². The molecule has 0 bridgehead atoms. The molecule has 120 valence electrons. The average molecular weight is 310 g/mol. The first kappa shape index (κ1) is 14.5. The molecule has 2 aliphatic rings. The quantitative estimate of drug-likeness (QED) is 0.909. The van der Waals surface area contributed by atoms with Gasteiger partial charge in [0.2, 0.25) is 0 Å². The number of aryl methyl sites for hydroxylation is 1. The van der Waals surface area contributed by atoms with Crippen LogP contribution < -0.4 is 10.6 Å². The Bertz CT molecular complexity index is 712.